The summed E-state index contributed by atoms with van der Waals surface area (Å²) >= 11 is 0. The van der Waals surface area contributed by atoms with E-state index in [2.05, 4.69) is 45.4 Å². The quantitative estimate of drug-likeness (QED) is 0.802. The van der Waals surface area contributed by atoms with Crippen molar-refractivity contribution in [2.75, 3.05) is 11.9 Å². The molecule has 3 heterocycles. The predicted molar refractivity (Wildman–Crippen MR) is 92.8 cm³/mol. The van der Waals surface area contributed by atoms with E-state index in [1.165, 1.54) is 0 Å². The second-order valence-corrected chi connectivity index (χ2v) is 6.35. The highest BCUT2D eigenvalue weighted by atomic mass is 16.5. The Morgan fingerprint density at radius 2 is 2.21 bits per heavy atom. The number of para-hydroxylation sites is 1. The molecule has 1 aliphatic heterocycles. The molecule has 6 heteroatoms. The number of ether oxygens (including phenoxy) is 1. The van der Waals surface area contributed by atoms with Crippen molar-refractivity contribution >= 4 is 16.7 Å². The molecule has 2 unspecified atom stereocenters. The van der Waals surface area contributed by atoms with Gasteiger partial charge in [-0.2, -0.15) is 0 Å². The van der Waals surface area contributed by atoms with Gasteiger partial charge in [-0.1, -0.05) is 12.1 Å². The summed E-state index contributed by atoms with van der Waals surface area (Å²) < 4.78 is 7.97. The van der Waals surface area contributed by atoms with Gasteiger partial charge in [-0.3, -0.25) is 0 Å². The van der Waals surface area contributed by atoms with Crippen molar-refractivity contribution in [3.63, 3.8) is 0 Å². The van der Waals surface area contributed by atoms with Gasteiger partial charge in [0.2, 0.25) is 0 Å². The monoisotopic (exact) mass is 323 g/mol. The lowest BCUT2D eigenvalue weighted by atomic mass is 10.0. The van der Waals surface area contributed by atoms with Crippen LogP contribution < -0.4 is 5.32 Å². The lowest BCUT2D eigenvalue weighted by molar-refractivity contribution is 0.00556. The number of anilines is 1. The van der Waals surface area contributed by atoms with Crippen molar-refractivity contribution in [1.82, 2.24) is 19.5 Å². The Morgan fingerprint density at radius 1 is 1.29 bits per heavy atom. The van der Waals surface area contributed by atoms with Crippen molar-refractivity contribution in [3.05, 3.63) is 48.3 Å². The minimum absolute atomic E-state index is 0.0681. The van der Waals surface area contributed by atoms with Crippen molar-refractivity contribution in [2.45, 2.75) is 31.9 Å². The molecule has 24 heavy (non-hydrogen) atoms. The number of nitrogens with one attached hydrogen (secondary N) is 1. The third-order valence-electron chi connectivity index (χ3n) is 4.68. The molecule has 1 fully saturated rings. The number of fused-ring (bicyclic) bond motifs is 1. The lowest BCUT2D eigenvalue weighted by Crippen LogP contribution is -2.31. The van der Waals surface area contributed by atoms with Gasteiger partial charge in [0.1, 0.15) is 18.2 Å². The molecule has 4 rings (SSSR count). The molecular formula is C18H21N5O. The van der Waals surface area contributed by atoms with E-state index in [1.54, 1.807) is 6.33 Å². The Balaban J connectivity index is 1.57. The standard InChI is InChI=1S/C18H21N5O/c1-12-4-3-5-14-17(12)20-10-21-18(14)22-13-6-7-24-16(8-13)15-9-19-11-23(15)2/h3-5,9-11,13,16H,6-8H2,1-2H3,(H,20,21,22). The maximum Gasteiger partial charge on any atom is 0.137 e. The van der Waals surface area contributed by atoms with Gasteiger partial charge in [0.05, 0.1) is 23.7 Å². The number of imidazole rings is 1. The zero-order valence-electron chi connectivity index (χ0n) is 13.9. The molecule has 0 amide bonds. The molecule has 3 aromatic rings. The van der Waals surface area contributed by atoms with Gasteiger partial charge >= 0.3 is 0 Å². The van der Waals surface area contributed by atoms with Crippen LogP contribution in [0.2, 0.25) is 0 Å². The summed E-state index contributed by atoms with van der Waals surface area (Å²) in [6.07, 6.45) is 7.27. The van der Waals surface area contributed by atoms with Crippen molar-refractivity contribution < 1.29 is 4.74 Å². The van der Waals surface area contributed by atoms with E-state index in [9.17, 15) is 0 Å². The summed E-state index contributed by atoms with van der Waals surface area (Å²) in [7, 11) is 2.00. The fraction of sp³-hybridized carbons (Fsp3) is 0.389. The normalized spacial score (nSPS) is 21.1. The predicted octanol–water partition coefficient (Wildman–Crippen LogP) is 3.00. The van der Waals surface area contributed by atoms with Gasteiger partial charge in [-0.05, 0) is 31.4 Å². The fourth-order valence-corrected chi connectivity index (χ4v) is 3.36. The number of hydrogen-bond acceptors (Lipinski definition) is 5. The van der Waals surface area contributed by atoms with Crippen molar-refractivity contribution in [1.29, 1.82) is 0 Å². The maximum atomic E-state index is 5.94. The molecule has 6 nitrogen and oxygen atoms in total. The van der Waals surface area contributed by atoms with Gasteiger partial charge in [-0.15, -0.1) is 0 Å². The first-order chi connectivity index (χ1) is 11.7. The average Bonchev–Trinajstić information content (AvgIpc) is 3.02. The minimum Gasteiger partial charge on any atom is -0.372 e. The SMILES string of the molecule is Cc1cccc2c(NC3CCOC(c4cncn4C)C3)ncnc12. The zero-order valence-corrected chi connectivity index (χ0v) is 13.9. The van der Waals surface area contributed by atoms with E-state index >= 15 is 0 Å². The first kappa shape index (κ1) is 15.1. The van der Waals surface area contributed by atoms with Gasteiger partial charge in [0.25, 0.3) is 0 Å². The molecule has 1 aliphatic rings. The Labute approximate surface area is 140 Å². The van der Waals surface area contributed by atoms with E-state index in [1.807, 2.05) is 24.1 Å². The molecule has 0 bridgehead atoms. The molecule has 1 N–H and O–H groups in total. The van der Waals surface area contributed by atoms with Crippen LogP contribution in [-0.2, 0) is 11.8 Å². The van der Waals surface area contributed by atoms with Gasteiger partial charge in [0, 0.05) is 25.1 Å². The highest BCUT2D eigenvalue weighted by Crippen LogP contribution is 2.30. The van der Waals surface area contributed by atoms with Crippen LogP contribution in [0.25, 0.3) is 10.9 Å². The third kappa shape index (κ3) is 2.73. The smallest absolute Gasteiger partial charge is 0.137 e. The first-order valence-electron chi connectivity index (χ1n) is 8.27. The minimum atomic E-state index is 0.0681. The van der Waals surface area contributed by atoms with Gasteiger partial charge in [-0.25, -0.2) is 15.0 Å². The highest BCUT2D eigenvalue weighted by molar-refractivity contribution is 5.90. The summed E-state index contributed by atoms with van der Waals surface area (Å²) in [6.45, 7) is 2.81. The average molecular weight is 323 g/mol. The molecule has 1 saturated heterocycles. The van der Waals surface area contributed by atoms with Crippen LogP contribution in [0.1, 0.15) is 30.2 Å². The van der Waals surface area contributed by atoms with Crippen LogP contribution in [0.3, 0.4) is 0 Å². The second kappa shape index (κ2) is 6.20. The van der Waals surface area contributed by atoms with Gasteiger partial charge < -0.3 is 14.6 Å². The van der Waals surface area contributed by atoms with Crippen LogP contribution >= 0.6 is 0 Å². The number of rotatable bonds is 3. The number of nitrogens with zero attached hydrogens (tertiary/aromatic N) is 4. The van der Waals surface area contributed by atoms with Gasteiger partial charge in [0.15, 0.2) is 0 Å². The largest absolute Gasteiger partial charge is 0.372 e. The second-order valence-electron chi connectivity index (χ2n) is 6.35. The van der Waals surface area contributed by atoms with Crippen LogP contribution in [0, 0.1) is 6.92 Å². The number of benzene rings is 1. The Kier molecular flexibility index (Phi) is 3.90. The third-order valence-corrected chi connectivity index (χ3v) is 4.68. The van der Waals surface area contributed by atoms with Crippen LogP contribution in [-0.4, -0.2) is 32.2 Å². The van der Waals surface area contributed by atoms with Crippen molar-refractivity contribution in [3.8, 4) is 0 Å². The molecular weight excluding hydrogens is 302 g/mol. The molecule has 124 valence electrons. The van der Waals surface area contributed by atoms with Crippen LogP contribution in [0.15, 0.2) is 37.1 Å². The summed E-state index contributed by atoms with van der Waals surface area (Å²) in [4.78, 5) is 13.1. The maximum absolute atomic E-state index is 5.94. The molecule has 0 radical (unpaired) electrons. The van der Waals surface area contributed by atoms with E-state index < -0.39 is 0 Å². The van der Waals surface area contributed by atoms with E-state index in [0.29, 0.717) is 6.04 Å². The number of hydrogen-bond donors (Lipinski definition) is 1. The first-order valence-corrected chi connectivity index (χ1v) is 8.27. The van der Waals surface area contributed by atoms with E-state index in [-0.39, 0.29) is 6.10 Å². The summed E-state index contributed by atoms with van der Waals surface area (Å²) in [5, 5.41) is 4.67. The number of aryl methyl sites for hydroxylation is 2. The molecule has 2 aromatic heterocycles. The molecule has 0 spiro atoms. The number of aromatic nitrogens is 4. The fourth-order valence-electron chi connectivity index (χ4n) is 3.36. The molecule has 2 atom stereocenters. The Morgan fingerprint density at radius 3 is 3.04 bits per heavy atom. The van der Waals surface area contributed by atoms with Crippen LogP contribution in [0.4, 0.5) is 5.82 Å². The van der Waals surface area contributed by atoms with E-state index in [0.717, 1.165) is 47.4 Å². The highest BCUT2D eigenvalue weighted by Gasteiger charge is 2.26. The lowest BCUT2D eigenvalue weighted by Gasteiger charge is -2.30. The van der Waals surface area contributed by atoms with Crippen molar-refractivity contribution in [2.24, 2.45) is 7.05 Å². The van der Waals surface area contributed by atoms with Crippen LogP contribution in [0.5, 0.6) is 0 Å². The molecule has 0 aliphatic carbocycles. The summed E-state index contributed by atoms with van der Waals surface area (Å²) in [6, 6.07) is 6.51. The topological polar surface area (TPSA) is 64.9 Å². The Hall–Kier alpha value is -2.47. The summed E-state index contributed by atoms with van der Waals surface area (Å²) in [5.41, 5.74) is 3.29. The zero-order chi connectivity index (χ0) is 16.5. The van der Waals surface area contributed by atoms with E-state index in [4.69, 9.17) is 4.74 Å². The summed E-state index contributed by atoms with van der Waals surface area (Å²) in [5.74, 6) is 0.902. The molecule has 1 aromatic carbocycles. The Bertz CT molecular complexity index is 859. The molecule has 0 saturated carbocycles.